The van der Waals surface area contributed by atoms with Gasteiger partial charge in [-0.2, -0.15) is 0 Å². The van der Waals surface area contributed by atoms with Gasteiger partial charge in [-0.25, -0.2) is 0 Å². The Balaban J connectivity index is 0.986. The Morgan fingerprint density at radius 2 is 0.678 bits per heavy atom. The predicted octanol–water partition coefficient (Wildman–Crippen LogP) is 15.0. The molecule has 0 saturated heterocycles. The average molecular weight is 748 g/mol. The van der Waals surface area contributed by atoms with Gasteiger partial charge in [-0.15, -0.1) is 0 Å². The van der Waals surface area contributed by atoms with Gasteiger partial charge in [0.1, 0.15) is 0 Å². The number of fused-ring (bicyclic) bond motifs is 15. The van der Waals surface area contributed by atoms with Crippen molar-refractivity contribution in [3.05, 3.63) is 200 Å². The molecule has 0 unspecified atom stereocenters. The van der Waals surface area contributed by atoms with Crippen LogP contribution in [0.15, 0.2) is 200 Å². The fraction of sp³-hybridized carbons (Fsp3) is 0. The van der Waals surface area contributed by atoms with Gasteiger partial charge >= 0.3 is 0 Å². The van der Waals surface area contributed by atoms with Gasteiger partial charge in [0.25, 0.3) is 0 Å². The highest BCUT2D eigenvalue weighted by atomic mass is 15.0. The van der Waals surface area contributed by atoms with Crippen LogP contribution in [0.5, 0.6) is 0 Å². The van der Waals surface area contributed by atoms with E-state index in [9.17, 15) is 0 Å². The molecule has 0 spiro atoms. The topological polar surface area (TPSA) is 14.3 Å². The molecule has 3 nitrogen and oxygen atoms in total. The van der Waals surface area contributed by atoms with E-state index in [1.807, 2.05) is 0 Å². The zero-order valence-electron chi connectivity index (χ0n) is 31.9. The second-order valence-corrected chi connectivity index (χ2v) is 16.1. The summed E-state index contributed by atoms with van der Waals surface area (Å²) < 4.78 is 7.40. The van der Waals surface area contributed by atoms with E-state index < -0.39 is 0 Å². The first-order valence-electron chi connectivity index (χ1n) is 20.4. The summed E-state index contributed by atoms with van der Waals surface area (Å²) in [7, 11) is 0. The monoisotopic (exact) mass is 747 g/mol. The standard InChI is InChI=1S/C56H33N3/c1-2-14-38-36(13-1)31-55(40-16-4-3-15-39(38)40)58-50-22-10-6-18-42(50)46-30-35(26-28-54(46)58)34-25-27-53-45(29-34)41-17-5-9-21-49(41)57(53)37-32-47-43-19-7-11-23-51(43)59-52-24-12-8-20-44(52)48(33-37)56(47)59/h1-33H. The molecule has 0 saturated carbocycles. The van der Waals surface area contributed by atoms with Crippen molar-refractivity contribution in [2.45, 2.75) is 0 Å². The van der Waals surface area contributed by atoms with Gasteiger partial charge in [0.05, 0.1) is 44.3 Å². The molecule has 59 heavy (non-hydrogen) atoms. The third-order valence-electron chi connectivity index (χ3n) is 13.1. The van der Waals surface area contributed by atoms with Crippen LogP contribution in [0.2, 0.25) is 0 Å². The second-order valence-electron chi connectivity index (χ2n) is 16.1. The van der Waals surface area contributed by atoms with Crippen LogP contribution in [-0.2, 0) is 0 Å². The molecule has 0 fully saturated rings. The largest absolute Gasteiger partial charge is 0.309 e. The van der Waals surface area contributed by atoms with Gasteiger partial charge in [-0.1, -0.05) is 133 Å². The molecule has 4 heterocycles. The van der Waals surface area contributed by atoms with Gasteiger partial charge < -0.3 is 13.5 Å². The van der Waals surface area contributed by atoms with Crippen LogP contribution in [-0.4, -0.2) is 13.5 Å². The first-order chi connectivity index (χ1) is 29.3. The Bertz CT molecular complexity index is 4000. The van der Waals surface area contributed by atoms with Crippen LogP contribution in [0.3, 0.4) is 0 Å². The molecule has 4 aromatic heterocycles. The van der Waals surface area contributed by atoms with Crippen molar-refractivity contribution < 1.29 is 0 Å². The van der Waals surface area contributed by atoms with E-state index in [2.05, 4.69) is 214 Å². The van der Waals surface area contributed by atoms with E-state index >= 15 is 0 Å². The molecule has 14 rings (SSSR count). The van der Waals surface area contributed by atoms with Crippen molar-refractivity contribution in [3.63, 3.8) is 0 Å². The molecular formula is C56H33N3. The van der Waals surface area contributed by atoms with Crippen molar-refractivity contribution in [3.8, 4) is 22.5 Å². The van der Waals surface area contributed by atoms with Crippen LogP contribution in [0.25, 0.3) is 126 Å². The van der Waals surface area contributed by atoms with Crippen molar-refractivity contribution in [1.29, 1.82) is 0 Å². The lowest BCUT2D eigenvalue weighted by Gasteiger charge is -2.14. The highest BCUT2D eigenvalue weighted by Gasteiger charge is 2.21. The number of aromatic nitrogens is 3. The molecule has 0 radical (unpaired) electrons. The molecule has 0 amide bonds. The molecule has 272 valence electrons. The first kappa shape index (κ1) is 31.2. The summed E-state index contributed by atoms with van der Waals surface area (Å²) in [5, 5.41) is 15.2. The maximum absolute atomic E-state index is 2.47. The Hall–Kier alpha value is -7.88. The van der Waals surface area contributed by atoms with E-state index in [-0.39, 0.29) is 0 Å². The molecule has 0 atom stereocenters. The second kappa shape index (κ2) is 11.4. The lowest BCUT2D eigenvalue weighted by molar-refractivity contribution is 1.19. The molecule has 3 heteroatoms. The SMILES string of the molecule is c1ccc2c(c1)cc(-n1c3ccccc3c3cc(-c4ccc5c(c4)c4ccccc4n5-c4cc5c6ccccc6n6c7ccccc7c(c4)c56)ccc31)c1ccccc12. The van der Waals surface area contributed by atoms with Crippen molar-refractivity contribution in [2.75, 3.05) is 0 Å². The molecule has 0 bridgehead atoms. The quantitative estimate of drug-likeness (QED) is 0.160. The minimum atomic E-state index is 1.18. The summed E-state index contributed by atoms with van der Waals surface area (Å²) in [5.74, 6) is 0. The summed E-state index contributed by atoms with van der Waals surface area (Å²) >= 11 is 0. The number of hydrogen-bond donors (Lipinski definition) is 0. The van der Waals surface area contributed by atoms with E-state index in [1.54, 1.807) is 0 Å². The maximum atomic E-state index is 2.47. The number of rotatable bonds is 3. The Labute approximate surface area is 338 Å². The molecule has 10 aromatic carbocycles. The van der Waals surface area contributed by atoms with Crippen LogP contribution in [0.1, 0.15) is 0 Å². The highest BCUT2D eigenvalue weighted by molar-refractivity contribution is 6.24. The summed E-state index contributed by atoms with van der Waals surface area (Å²) in [6, 6.07) is 74.3. The van der Waals surface area contributed by atoms with E-state index in [0.717, 1.165) is 0 Å². The fourth-order valence-electron chi connectivity index (χ4n) is 10.6. The third kappa shape index (κ3) is 4.11. The molecule has 0 aliphatic rings. The summed E-state index contributed by atoms with van der Waals surface area (Å²) in [4.78, 5) is 0. The Morgan fingerprint density at radius 3 is 1.27 bits per heavy atom. The minimum Gasteiger partial charge on any atom is -0.309 e. The van der Waals surface area contributed by atoms with Crippen LogP contribution >= 0.6 is 0 Å². The van der Waals surface area contributed by atoms with Gasteiger partial charge in [0.15, 0.2) is 0 Å². The summed E-state index contributed by atoms with van der Waals surface area (Å²) in [6.07, 6.45) is 0. The van der Waals surface area contributed by atoms with Crippen molar-refractivity contribution in [1.82, 2.24) is 13.5 Å². The van der Waals surface area contributed by atoms with E-state index in [4.69, 9.17) is 0 Å². The summed E-state index contributed by atoms with van der Waals surface area (Å²) in [5.41, 5.74) is 13.4. The van der Waals surface area contributed by atoms with E-state index in [1.165, 1.54) is 126 Å². The minimum absolute atomic E-state index is 1.18. The average Bonchev–Trinajstić information content (AvgIpc) is 4.02. The van der Waals surface area contributed by atoms with E-state index in [0.29, 0.717) is 0 Å². The highest BCUT2D eigenvalue weighted by Crippen LogP contribution is 2.44. The molecule has 0 aliphatic carbocycles. The van der Waals surface area contributed by atoms with Gasteiger partial charge in [0, 0.05) is 54.2 Å². The van der Waals surface area contributed by atoms with Crippen molar-refractivity contribution >= 4 is 103 Å². The zero-order valence-corrected chi connectivity index (χ0v) is 31.9. The number of nitrogens with zero attached hydrogens (tertiary/aromatic N) is 3. The predicted molar refractivity (Wildman–Crippen MR) is 250 cm³/mol. The smallest absolute Gasteiger partial charge is 0.0622 e. The molecule has 14 aromatic rings. The summed E-state index contributed by atoms with van der Waals surface area (Å²) in [6.45, 7) is 0. The number of benzene rings is 10. The fourth-order valence-corrected chi connectivity index (χ4v) is 10.6. The Morgan fingerprint density at radius 1 is 0.254 bits per heavy atom. The van der Waals surface area contributed by atoms with Crippen LogP contribution < -0.4 is 0 Å². The lowest BCUT2D eigenvalue weighted by Crippen LogP contribution is -1.96. The normalized spacial score (nSPS) is 12.4. The first-order valence-corrected chi connectivity index (χ1v) is 20.4. The number of para-hydroxylation sites is 4. The molecule has 0 aliphatic heterocycles. The lowest BCUT2D eigenvalue weighted by atomic mass is 9.99. The zero-order chi connectivity index (χ0) is 38.3. The Kier molecular flexibility index (Phi) is 6.02. The van der Waals surface area contributed by atoms with Crippen molar-refractivity contribution in [2.24, 2.45) is 0 Å². The van der Waals surface area contributed by atoms with Crippen LogP contribution in [0.4, 0.5) is 0 Å². The number of hydrogen-bond acceptors (Lipinski definition) is 0. The van der Waals surface area contributed by atoms with Gasteiger partial charge in [-0.05, 0) is 94.0 Å². The van der Waals surface area contributed by atoms with Crippen LogP contribution in [0, 0.1) is 0 Å². The van der Waals surface area contributed by atoms with Gasteiger partial charge in [0.2, 0.25) is 0 Å². The molecular weight excluding hydrogens is 715 g/mol. The maximum Gasteiger partial charge on any atom is 0.0622 e. The molecule has 0 N–H and O–H groups in total. The third-order valence-corrected chi connectivity index (χ3v) is 13.1. The van der Waals surface area contributed by atoms with Gasteiger partial charge in [-0.3, -0.25) is 0 Å².